The second-order valence-electron chi connectivity index (χ2n) is 6.84. The summed E-state index contributed by atoms with van der Waals surface area (Å²) in [6, 6.07) is 13.2. The average Bonchev–Trinajstić information content (AvgIpc) is 3.32. The summed E-state index contributed by atoms with van der Waals surface area (Å²) in [6.07, 6.45) is -4.58. The summed E-state index contributed by atoms with van der Waals surface area (Å²) in [5.74, 6) is -0.693. The first-order valence-electron chi connectivity index (χ1n) is 9.08. The van der Waals surface area contributed by atoms with E-state index in [1.807, 2.05) is 30.3 Å². The van der Waals surface area contributed by atoms with Crippen LogP contribution in [-0.2, 0) is 15.8 Å². The van der Waals surface area contributed by atoms with E-state index in [2.05, 4.69) is 15.3 Å². The van der Waals surface area contributed by atoms with Crippen LogP contribution in [0.1, 0.15) is 23.0 Å². The normalized spacial score (nSPS) is 15.6. The van der Waals surface area contributed by atoms with Gasteiger partial charge in [0, 0.05) is 0 Å². The molecule has 4 rings (SSSR count). The monoisotopic (exact) mass is 434 g/mol. The van der Waals surface area contributed by atoms with Crippen molar-refractivity contribution < 1.29 is 22.8 Å². The van der Waals surface area contributed by atoms with E-state index in [-0.39, 0.29) is 29.4 Å². The Morgan fingerprint density at radius 1 is 1.20 bits per heavy atom. The molecule has 2 amide bonds. The fourth-order valence-corrected chi connectivity index (χ4v) is 4.17. The molecule has 0 saturated carbocycles. The summed E-state index contributed by atoms with van der Waals surface area (Å²) in [6.45, 7) is -0.0698. The lowest BCUT2D eigenvalue weighted by atomic mass is 9.98. The van der Waals surface area contributed by atoms with Crippen molar-refractivity contribution in [3.05, 3.63) is 65.5 Å². The third-order valence-corrected chi connectivity index (χ3v) is 5.65. The van der Waals surface area contributed by atoms with E-state index < -0.39 is 18.0 Å². The maximum Gasteiger partial charge on any atom is 0.449 e. The first kappa shape index (κ1) is 20.3. The Bertz CT molecular complexity index is 1080. The molecule has 30 heavy (non-hydrogen) atoms. The number of thioether (sulfide) groups is 1. The number of hydrogen-bond acceptors (Lipinski definition) is 4. The second kappa shape index (κ2) is 8.02. The Labute approximate surface area is 173 Å². The molecule has 1 fully saturated rings. The lowest BCUT2D eigenvalue weighted by molar-refractivity contribution is -0.144. The van der Waals surface area contributed by atoms with Gasteiger partial charge in [0.2, 0.25) is 17.6 Å². The number of fused-ring (bicyclic) bond motifs is 1. The van der Waals surface area contributed by atoms with E-state index >= 15 is 0 Å². The summed E-state index contributed by atoms with van der Waals surface area (Å²) in [5.41, 5.74) is 1.77. The van der Waals surface area contributed by atoms with E-state index in [1.165, 1.54) is 22.7 Å². The zero-order valence-corrected chi connectivity index (χ0v) is 16.4. The molecule has 3 aromatic rings. The van der Waals surface area contributed by atoms with Gasteiger partial charge in [0.05, 0.1) is 28.7 Å². The van der Waals surface area contributed by atoms with Crippen LogP contribution in [0.3, 0.4) is 0 Å². The van der Waals surface area contributed by atoms with Crippen molar-refractivity contribution >= 4 is 34.6 Å². The largest absolute Gasteiger partial charge is 0.449 e. The van der Waals surface area contributed by atoms with Crippen LogP contribution >= 0.6 is 11.8 Å². The number of carbonyl (C=O) groups excluding carboxylic acids is 2. The molecule has 1 saturated heterocycles. The summed E-state index contributed by atoms with van der Waals surface area (Å²) < 4.78 is 38.9. The summed E-state index contributed by atoms with van der Waals surface area (Å²) in [7, 11) is 0. The molecule has 1 aliphatic rings. The minimum Gasteiger partial charge on any atom is -0.344 e. The van der Waals surface area contributed by atoms with Crippen molar-refractivity contribution in [2.75, 3.05) is 18.2 Å². The maximum absolute atomic E-state index is 13.0. The highest BCUT2D eigenvalue weighted by Gasteiger charge is 2.35. The van der Waals surface area contributed by atoms with Crippen molar-refractivity contribution in [1.29, 1.82) is 0 Å². The molecule has 0 bridgehead atoms. The first-order chi connectivity index (χ1) is 14.3. The van der Waals surface area contributed by atoms with Gasteiger partial charge in [-0.05, 0) is 23.3 Å². The highest BCUT2D eigenvalue weighted by atomic mass is 32.2. The standard InChI is InChI=1S/C20H17F3N4O2S/c21-20(22,23)19-24-14-7-6-13(8-15(14)25-19)18(12-4-2-1-3-5-12)26-16(28)9-27-11-30-10-17(27)29/h1-8,18H,9-11H2,(H,24,25)(H,26,28). The first-order valence-corrected chi connectivity index (χ1v) is 10.2. The van der Waals surface area contributed by atoms with Gasteiger partial charge in [-0.1, -0.05) is 36.4 Å². The van der Waals surface area contributed by atoms with Crippen molar-refractivity contribution in [3.8, 4) is 0 Å². The molecule has 1 unspecified atom stereocenters. The predicted molar refractivity (Wildman–Crippen MR) is 107 cm³/mol. The van der Waals surface area contributed by atoms with Crippen molar-refractivity contribution in [1.82, 2.24) is 20.2 Å². The molecular formula is C20H17F3N4O2S. The lowest BCUT2D eigenvalue weighted by Gasteiger charge is -2.22. The minimum atomic E-state index is -4.58. The Balaban J connectivity index is 1.64. The van der Waals surface area contributed by atoms with Crippen LogP contribution in [0, 0.1) is 0 Å². The number of nitrogens with zero attached hydrogens (tertiary/aromatic N) is 2. The lowest BCUT2D eigenvalue weighted by Crippen LogP contribution is -2.40. The van der Waals surface area contributed by atoms with Gasteiger partial charge in [-0.15, -0.1) is 11.8 Å². The van der Waals surface area contributed by atoms with E-state index in [4.69, 9.17) is 0 Å². The summed E-state index contributed by atoms with van der Waals surface area (Å²) >= 11 is 1.44. The number of aromatic amines is 1. The van der Waals surface area contributed by atoms with E-state index in [9.17, 15) is 22.8 Å². The number of hydrogen-bond donors (Lipinski definition) is 2. The van der Waals surface area contributed by atoms with Crippen molar-refractivity contribution in [2.24, 2.45) is 0 Å². The van der Waals surface area contributed by atoms with Gasteiger partial charge >= 0.3 is 6.18 Å². The molecule has 2 aromatic carbocycles. The van der Waals surface area contributed by atoms with E-state index in [1.54, 1.807) is 12.1 Å². The van der Waals surface area contributed by atoms with Gasteiger partial charge in [0.15, 0.2) is 0 Å². The summed E-state index contributed by atoms with van der Waals surface area (Å²) in [5, 5.41) is 2.90. The highest BCUT2D eigenvalue weighted by molar-refractivity contribution is 8.00. The predicted octanol–water partition coefficient (Wildman–Crippen LogP) is 3.32. The van der Waals surface area contributed by atoms with Crippen LogP contribution in [0.25, 0.3) is 11.0 Å². The van der Waals surface area contributed by atoms with E-state index in [0.29, 0.717) is 17.2 Å². The fourth-order valence-electron chi connectivity index (χ4n) is 3.27. The molecule has 1 atom stereocenters. The third kappa shape index (κ3) is 4.28. The smallest absolute Gasteiger partial charge is 0.344 e. The number of alkyl halides is 3. The number of imidazole rings is 1. The number of benzene rings is 2. The van der Waals surface area contributed by atoms with Crippen molar-refractivity contribution in [2.45, 2.75) is 12.2 Å². The van der Waals surface area contributed by atoms with Crippen LogP contribution in [0.15, 0.2) is 48.5 Å². The molecule has 0 radical (unpaired) electrons. The molecule has 2 N–H and O–H groups in total. The van der Waals surface area contributed by atoms with Crippen LogP contribution in [0.4, 0.5) is 13.2 Å². The molecule has 1 aliphatic heterocycles. The van der Waals surface area contributed by atoms with Crippen molar-refractivity contribution in [3.63, 3.8) is 0 Å². The maximum atomic E-state index is 13.0. The average molecular weight is 434 g/mol. The molecule has 6 nitrogen and oxygen atoms in total. The molecule has 1 aromatic heterocycles. The minimum absolute atomic E-state index is 0.0698. The van der Waals surface area contributed by atoms with Crippen LogP contribution in [0.5, 0.6) is 0 Å². The Morgan fingerprint density at radius 3 is 2.63 bits per heavy atom. The molecular weight excluding hydrogens is 417 g/mol. The Hall–Kier alpha value is -3.01. The quantitative estimate of drug-likeness (QED) is 0.646. The molecule has 2 heterocycles. The molecule has 0 spiro atoms. The number of amides is 2. The van der Waals surface area contributed by atoms with Gasteiger partial charge < -0.3 is 15.2 Å². The molecule has 10 heteroatoms. The third-order valence-electron chi connectivity index (χ3n) is 4.71. The zero-order chi connectivity index (χ0) is 21.3. The Morgan fingerprint density at radius 2 is 1.97 bits per heavy atom. The topological polar surface area (TPSA) is 78.1 Å². The molecule has 156 valence electrons. The van der Waals surface area contributed by atoms with Gasteiger partial charge in [-0.25, -0.2) is 4.98 Å². The zero-order valence-electron chi connectivity index (χ0n) is 15.6. The van der Waals surface area contributed by atoms with Gasteiger partial charge in [0.1, 0.15) is 6.54 Å². The molecule has 0 aliphatic carbocycles. The second-order valence-corrected chi connectivity index (χ2v) is 7.80. The van der Waals surface area contributed by atoms with Crippen LogP contribution in [0.2, 0.25) is 0 Å². The number of aromatic nitrogens is 2. The number of nitrogens with one attached hydrogen (secondary N) is 2. The highest BCUT2D eigenvalue weighted by Crippen LogP contribution is 2.30. The SMILES string of the molecule is O=C(CN1CSCC1=O)NC(c1ccccc1)c1ccc2nc(C(F)(F)F)[nH]c2c1. The van der Waals surface area contributed by atoms with Gasteiger partial charge in [-0.2, -0.15) is 13.2 Å². The number of H-pyrrole nitrogens is 1. The number of halogens is 3. The fraction of sp³-hybridized carbons (Fsp3) is 0.250. The number of carbonyl (C=O) groups is 2. The van der Waals surface area contributed by atoms with Crippen LogP contribution in [-0.4, -0.2) is 44.9 Å². The summed E-state index contributed by atoms with van der Waals surface area (Å²) in [4.78, 5) is 31.7. The number of rotatable bonds is 5. The van der Waals surface area contributed by atoms with E-state index in [0.717, 1.165) is 5.56 Å². The van der Waals surface area contributed by atoms with Crippen LogP contribution < -0.4 is 5.32 Å². The van der Waals surface area contributed by atoms with Gasteiger partial charge in [0.25, 0.3) is 0 Å². The van der Waals surface area contributed by atoms with Gasteiger partial charge in [-0.3, -0.25) is 9.59 Å². The Kier molecular flexibility index (Phi) is 5.42.